The van der Waals surface area contributed by atoms with Crippen LogP contribution in [0, 0.1) is 5.41 Å². The van der Waals surface area contributed by atoms with Crippen molar-refractivity contribution in [3.05, 3.63) is 0 Å². The van der Waals surface area contributed by atoms with Gasteiger partial charge in [-0.3, -0.25) is 4.79 Å². The van der Waals surface area contributed by atoms with Gasteiger partial charge in [0.25, 0.3) is 0 Å². The fourth-order valence-electron chi connectivity index (χ4n) is 3.05. The molecule has 14 heavy (non-hydrogen) atoms. The highest BCUT2D eigenvalue weighted by molar-refractivity contribution is 5.73. The van der Waals surface area contributed by atoms with Crippen LogP contribution in [0.15, 0.2) is 0 Å². The Morgan fingerprint density at radius 1 is 1.36 bits per heavy atom. The molecule has 3 nitrogen and oxygen atoms in total. The lowest BCUT2D eigenvalue weighted by molar-refractivity contribution is -0.131. The summed E-state index contributed by atoms with van der Waals surface area (Å²) in [7, 11) is 0. The monoisotopic (exact) mass is 196 g/mol. The number of amides is 1. The van der Waals surface area contributed by atoms with Crippen LogP contribution < -0.4 is 5.73 Å². The Balaban J connectivity index is 1.98. The smallest absolute Gasteiger partial charge is 0.219 e. The van der Waals surface area contributed by atoms with Gasteiger partial charge < -0.3 is 10.6 Å². The summed E-state index contributed by atoms with van der Waals surface area (Å²) in [6.45, 7) is 3.50. The molecule has 0 aromatic heterocycles. The van der Waals surface area contributed by atoms with E-state index >= 15 is 0 Å². The quantitative estimate of drug-likeness (QED) is 0.631. The molecule has 1 spiro atoms. The zero-order valence-corrected chi connectivity index (χ0v) is 8.96. The fraction of sp³-hybridized carbons (Fsp3) is 0.909. The summed E-state index contributed by atoms with van der Waals surface area (Å²) >= 11 is 0. The Hall–Kier alpha value is -0.570. The van der Waals surface area contributed by atoms with E-state index in [1.54, 1.807) is 6.92 Å². The van der Waals surface area contributed by atoms with Gasteiger partial charge in [-0.15, -0.1) is 0 Å². The molecule has 1 saturated heterocycles. The third-order valence-electron chi connectivity index (χ3n) is 4.18. The fourth-order valence-corrected chi connectivity index (χ4v) is 3.05. The van der Waals surface area contributed by atoms with E-state index in [-0.39, 0.29) is 5.91 Å². The van der Waals surface area contributed by atoms with E-state index in [2.05, 4.69) is 0 Å². The van der Waals surface area contributed by atoms with E-state index in [1.807, 2.05) is 4.90 Å². The maximum atomic E-state index is 11.2. The third-order valence-corrected chi connectivity index (χ3v) is 4.18. The minimum absolute atomic E-state index is 0.214. The van der Waals surface area contributed by atoms with Gasteiger partial charge in [0.1, 0.15) is 0 Å². The van der Waals surface area contributed by atoms with Crippen molar-refractivity contribution in [3.8, 4) is 0 Å². The van der Waals surface area contributed by atoms with Gasteiger partial charge in [0.2, 0.25) is 5.91 Å². The van der Waals surface area contributed by atoms with Crippen LogP contribution in [-0.4, -0.2) is 29.9 Å². The number of hydrogen-bond acceptors (Lipinski definition) is 2. The summed E-state index contributed by atoms with van der Waals surface area (Å²) < 4.78 is 0. The molecular formula is C11H20N2O. The van der Waals surface area contributed by atoms with Crippen LogP contribution in [0.25, 0.3) is 0 Å². The molecule has 0 aromatic carbocycles. The highest BCUT2D eigenvalue weighted by Gasteiger charge is 2.43. The minimum Gasteiger partial charge on any atom is -0.343 e. The molecule has 0 aromatic rings. The Labute approximate surface area is 85.6 Å². The van der Waals surface area contributed by atoms with Gasteiger partial charge >= 0.3 is 0 Å². The Bertz CT molecular complexity index is 231. The predicted octanol–water partition coefficient (Wildman–Crippen LogP) is 1.13. The largest absolute Gasteiger partial charge is 0.343 e. The van der Waals surface area contributed by atoms with E-state index in [9.17, 15) is 4.79 Å². The average molecular weight is 196 g/mol. The van der Waals surface area contributed by atoms with Crippen molar-refractivity contribution in [3.63, 3.8) is 0 Å². The molecule has 1 aliphatic heterocycles. The van der Waals surface area contributed by atoms with Crippen molar-refractivity contribution in [1.82, 2.24) is 4.90 Å². The SMILES string of the molecule is CC(=O)N1CCC2(CCCC2N)CC1. The summed E-state index contributed by atoms with van der Waals surface area (Å²) in [5.74, 6) is 0.214. The van der Waals surface area contributed by atoms with Crippen molar-refractivity contribution in [2.24, 2.45) is 11.1 Å². The van der Waals surface area contributed by atoms with Gasteiger partial charge in [-0.2, -0.15) is 0 Å². The molecule has 2 N–H and O–H groups in total. The van der Waals surface area contributed by atoms with Gasteiger partial charge in [0, 0.05) is 26.1 Å². The van der Waals surface area contributed by atoms with Crippen molar-refractivity contribution in [2.75, 3.05) is 13.1 Å². The summed E-state index contributed by atoms with van der Waals surface area (Å²) in [6, 6.07) is 0.386. The first-order valence-corrected chi connectivity index (χ1v) is 5.65. The molecule has 80 valence electrons. The molecule has 2 aliphatic rings. The molecule has 1 aliphatic carbocycles. The van der Waals surface area contributed by atoms with Crippen LogP contribution >= 0.6 is 0 Å². The Kier molecular flexibility index (Phi) is 2.52. The van der Waals surface area contributed by atoms with Gasteiger partial charge in [0.15, 0.2) is 0 Å². The average Bonchev–Trinajstić information content (AvgIpc) is 2.49. The topological polar surface area (TPSA) is 46.3 Å². The molecule has 1 heterocycles. The molecule has 3 heteroatoms. The normalized spacial score (nSPS) is 31.0. The van der Waals surface area contributed by atoms with Crippen molar-refractivity contribution >= 4 is 5.91 Å². The molecule has 0 bridgehead atoms. The van der Waals surface area contributed by atoms with Crippen molar-refractivity contribution in [1.29, 1.82) is 0 Å². The molecule has 0 radical (unpaired) electrons. The van der Waals surface area contributed by atoms with Gasteiger partial charge in [-0.1, -0.05) is 6.42 Å². The first-order chi connectivity index (χ1) is 6.64. The molecular weight excluding hydrogens is 176 g/mol. The lowest BCUT2D eigenvalue weighted by atomic mass is 9.74. The number of piperidine rings is 1. The lowest BCUT2D eigenvalue weighted by Gasteiger charge is -2.41. The van der Waals surface area contributed by atoms with Gasteiger partial charge in [0.05, 0.1) is 0 Å². The van der Waals surface area contributed by atoms with Gasteiger partial charge in [-0.05, 0) is 31.1 Å². The second-order valence-corrected chi connectivity index (χ2v) is 4.87. The molecule has 2 fully saturated rings. The Morgan fingerprint density at radius 2 is 2.00 bits per heavy atom. The van der Waals surface area contributed by atoms with Crippen LogP contribution in [-0.2, 0) is 4.79 Å². The van der Waals surface area contributed by atoms with Crippen LogP contribution in [0.5, 0.6) is 0 Å². The number of nitrogens with two attached hydrogens (primary N) is 1. The van der Waals surface area contributed by atoms with E-state index in [4.69, 9.17) is 5.73 Å². The lowest BCUT2D eigenvalue weighted by Crippen LogP contribution is -2.47. The maximum absolute atomic E-state index is 11.2. The summed E-state index contributed by atoms with van der Waals surface area (Å²) in [5.41, 5.74) is 6.54. The number of nitrogens with zero attached hydrogens (tertiary/aromatic N) is 1. The predicted molar refractivity (Wildman–Crippen MR) is 55.7 cm³/mol. The van der Waals surface area contributed by atoms with Crippen LogP contribution in [0.4, 0.5) is 0 Å². The van der Waals surface area contributed by atoms with E-state index in [0.29, 0.717) is 11.5 Å². The van der Waals surface area contributed by atoms with Crippen molar-refractivity contribution < 1.29 is 4.79 Å². The van der Waals surface area contributed by atoms with E-state index in [1.165, 1.54) is 19.3 Å². The number of carbonyl (C=O) groups excluding carboxylic acids is 1. The highest BCUT2D eigenvalue weighted by Crippen LogP contribution is 2.45. The molecule has 1 unspecified atom stereocenters. The molecule has 2 rings (SSSR count). The second-order valence-electron chi connectivity index (χ2n) is 4.87. The second kappa shape index (κ2) is 3.54. The molecule has 1 atom stereocenters. The molecule has 1 amide bonds. The first-order valence-electron chi connectivity index (χ1n) is 5.65. The zero-order valence-electron chi connectivity index (χ0n) is 8.96. The maximum Gasteiger partial charge on any atom is 0.219 e. The number of hydrogen-bond donors (Lipinski definition) is 1. The highest BCUT2D eigenvalue weighted by atomic mass is 16.2. The summed E-state index contributed by atoms with van der Waals surface area (Å²) in [6.07, 6.45) is 5.97. The molecule has 1 saturated carbocycles. The van der Waals surface area contributed by atoms with Gasteiger partial charge in [-0.25, -0.2) is 0 Å². The van der Waals surface area contributed by atoms with E-state index < -0.39 is 0 Å². The van der Waals surface area contributed by atoms with Crippen LogP contribution in [0.2, 0.25) is 0 Å². The summed E-state index contributed by atoms with van der Waals surface area (Å²) in [5, 5.41) is 0. The number of likely N-dealkylation sites (tertiary alicyclic amines) is 1. The summed E-state index contributed by atoms with van der Waals surface area (Å²) in [4.78, 5) is 13.1. The van der Waals surface area contributed by atoms with E-state index in [0.717, 1.165) is 25.9 Å². The standard InChI is InChI=1S/C11H20N2O/c1-9(14)13-7-5-11(6-8-13)4-2-3-10(11)12/h10H,2-8,12H2,1H3. The Morgan fingerprint density at radius 3 is 2.43 bits per heavy atom. The van der Waals surface area contributed by atoms with Crippen LogP contribution in [0.3, 0.4) is 0 Å². The minimum atomic E-state index is 0.214. The number of carbonyl (C=O) groups is 1. The number of rotatable bonds is 0. The zero-order chi connectivity index (χ0) is 10.2. The van der Waals surface area contributed by atoms with Crippen molar-refractivity contribution in [2.45, 2.75) is 45.1 Å². The van der Waals surface area contributed by atoms with Crippen LogP contribution in [0.1, 0.15) is 39.0 Å². The first kappa shape index (κ1) is 9.97. The third kappa shape index (κ3) is 1.54.